The number of Topliss-reactive ketones (excluding diaryl/α,β-unsaturated/α-hetero) is 1. The Kier molecular flexibility index (Phi) is 7.54. The van der Waals surface area contributed by atoms with Gasteiger partial charge in [0.15, 0.2) is 5.78 Å². The summed E-state index contributed by atoms with van der Waals surface area (Å²) in [7, 11) is 0. The minimum Gasteiger partial charge on any atom is -0.357 e. The number of hydrogen-bond donors (Lipinski definition) is 1. The van der Waals surface area contributed by atoms with Crippen LogP contribution in [0.1, 0.15) is 68.5 Å². The summed E-state index contributed by atoms with van der Waals surface area (Å²) in [4.78, 5) is 40.7. The molecule has 0 saturated heterocycles. The maximum atomic E-state index is 14.0. The number of unbranched alkanes of at least 4 members (excludes halogenated alkanes) is 2. The highest BCUT2D eigenvalue weighted by Gasteiger charge is 2.41. The lowest BCUT2D eigenvalue weighted by molar-refractivity contribution is -0.384. The fraction of sp³-hybridized carbons (Fsp3) is 0.290. The predicted molar refractivity (Wildman–Crippen MR) is 148 cm³/mol. The van der Waals surface area contributed by atoms with E-state index in [1.807, 2.05) is 24.3 Å². The number of nitro benzene ring substituents is 1. The van der Waals surface area contributed by atoms with Crippen molar-refractivity contribution in [3.8, 4) is 0 Å². The molecule has 0 spiro atoms. The summed E-state index contributed by atoms with van der Waals surface area (Å²) >= 11 is 0. The Morgan fingerprint density at radius 1 is 1.03 bits per heavy atom. The van der Waals surface area contributed by atoms with Crippen LogP contribution in [0.5, 0.6) is 0 Å². The Morgan fingerprint density at radius 2 is 1.79 bits per heavy atom. The number of fused-ring (bicyclic) bond motifs is 1. The zero-order chi connectivity index (χ0) is 27.5. The van der Waals surface area contributed by atoms with Crippen molar-refractivity contribution in [2.45, 2.75) is 57.4 Å². The van der Waals surface area contributed by atoms with E-state index in [2.05, 4.69) is 12.2 Å². The number of halogens is 1. The number of carbonyl (C=O) groups is 2. The first-order valence-electron chi connectivity index (χ1n) is 13.3. The number of hydrogen-bond acceptors (Lipinski definition) is 5. The van der Waals surface area contributed by atoms with Crippen LogP contribution in [0, 0.1) is 15.9 Å². The molecule has 0 aromatic heterocycles. The summed E-state index contributed by atoms with van der Waals surface area (Å²) in [6, 6.07) is 18.9. The molecule has 0 unspecified atom stereocenters. The number of carbonyl (C=O) groups excluding carboxylic acids is 2. The normalized spacial score (nSPS) is 18.6. The number of amides is 1. The molecule has 2 atom stereocenters. The molecule has 1 heterocycles. The van der Waals surface area contributed by atoms with Crippen molar-refractivity contribution < 1.29 is 18.9 Å². The third kappa shape index (κ3) is 5.32. The molecule has 2 aliphatic rings. The molecule has 0 bridgehead atoms. The molecule has 1 N–H and O–H groups in total. The third-order valence-electron chi connectivity index (χ3n) is 7.49. The Balaban J connectivity index is 1.68. The number of nitrogens with zero attached hydrogens (tertiary/aromatic N) is 2. The van der Waals surface area contributed by atoms with Crippen molar-refractivity contribution in [3.05, 3.63) is 111 Å². The molecule has 3 aromatic carbocycles. The van der Waals surface area contributed by atoms with Crippen molar-refractivity contribution in [2.24, 2.45) is 0 Å². The Morgan fingerprint density at radius 3 is 2.54 bits per heavy atom. The molecule has 7 nitrogen and oxygen atoms in total. The summed E-state index contributed by atoms with van der Waals surface area (Å²) in [5.41, 5.74) is 3.68. The molecule has 8 heteroatoms. The second-order valence-corrected chi connectivity index (χ2v) is 10.1. The van der Waals surface area contributed by atoms with Crippen molar-refractivity contribution in [2.75, 3.05) is 10.2 Å². The van der Waals surface area contributed by atoms with Gasteiger partial charge in [0.2, 0.25) is 5.91 Å². The first-order chi connectivity index (χ1) is 18.9. The molecular weight excluding hydrogens is 497 g/mol. The van der Waals surface area contributed by atoms with Crippen LogP contribution in [0.2, 0.25) is 0 Å². The average Bonchev–Trinajstić information content (AvgIpc) is 3.08. The van der Waals surface area contributed by atoms with E-state index < -0.39 is 11.0 Å². The highest BCUT2D eigenvalue weighted by Crippen LogP contribution is 2.48. The average molecular weight is 528 g/mol. The fourth-order valence-corrected chi connectivity index (χ4v) is 5.61. The Hall–Kier alpha value is -4.33. The quantitative estimate of drug-likeness (QED) is 0.199. The van der Waals surface area contributed by atoms with Crippen LogP contribution < -0.4 is 10.2 Å². The molecule has 0 fully saturated rings. The molecule has 5 rings (SSSR count). The van der Waals surface area contributed by atoms with Gasteiger partial charge < -0.3 is 5.32 Å². The monoisotopic (exact) mass is 527 g/mol. The molecule has 200 valence electrons. The molecular formula is C31H30FN3O4. The van der Waals surface area contributed by atoms with Gasteiger partial charge in [-0.2, -0.15) is 0 Å². The SMILES string of the molecule is CCCCCC(=O)N1c2ccccc2NC2=C(C(=O)C[C@@H](c3ccc(F)cc3)C2)[C@@H]1c1cccc([N+](=O)[O-])c1. The third-order valence-corrected chi connectivity index (χ3v) is 7.49. The van der Waals surface area contributed by atoms with Gasteiger partial charge in [0.25, 0.3) is 5.69 Å². The fourth-order valence-electron chi connectivity index (χ4n) is 5.61. The number of para-hydroxylation sites is 2. The number of ketones is 1. The summed E-state index contributed by atoms with van der Waals surface area (Å²) in [5.74, 6) is -0.801. The maximum absolute atomic E-state index is 14.0. The molecule has 3 aromatic rings. The molecule has 39 heavy (non-hydrogen) atoms. The summed E-state index contributed by atoms with van der Waals surface area (Å²) in [5, 5.41) is 15.1. The van der Waals surface area contributed by atoms with E-state index in [9.17, 15) is 24.1 Å². The highest BCUT2D eigenvalue weighted by atomic mass is 19.1. The molecule has 0 radical (unpaired) electrons. The zero-order valence-electron chi connectivity index (χ0n) is 21.7. The van der Waals surface area contributed by atoms with Gasteiger partial charge in [-0.25, -0.2) is 4.39 Å². The summed E-state index contributed by atoms with van der Waals surface area (Å²) in [6.45, 7) is 2.07. The van der Waals surface area contributed by atoms with Crippen LogP contribution in [0.3, 0.4) is 0 Å². The number of nitro groups is 1. The lowest BCUT2D eigenvalue weighted by atomic mass is 9.78. The maximum Gasteiger partial charge on any atom is 0.269 e. The van der Waals surface area contributed by atoms with Gasteiger partial charge in [-0.3, -0.25) is 24.6 Å². The van der Waals surface area contributed by atoms with Crippen molar-refractivity contribution >= 4 is 28.8 Å². The molecule has 1 aliphatic heterocycles. The molecule has 1 aliphatic carbocycles. The second kappa shape index (κ2) is 11.2. The minimum atomic E-state index is -0.827. The van der Waals surface area contributed by atoms with Crippen molar-refractivity contribution in [1.82, 2.24) is 0 Å². The largest absolute Gasteiger partial charge is 0.357 e. The molecule has 0 saturated carbocycles. The Labute approximate surface area is 226 Å². The predicted octanol–water partition coefficient (Wildman–Crippen LogP) is 7.21. The number of benzene rings is 3. The van der Waals surface area contributed by atoms with Gasteiger partial charge in [0.1, 0.15) is 5.82 Å². The highest BCUT2D eigenvalue weighted by molar-refractivity contribution is 6.06. The van der Waals surface area contributed by atoms with Crippen LogP contribution >= 0.6 is 0 Å². The standard InChI is InChI=1S/C31H30FN3O4/c1-2-3-4-12-29(37)34-27-11-6-5-10-25(27)33-26-18-22(20-13-15-23(32)16-14-20)19-28(36)30(26)31(34)21-8-7-9-24(17-21)35(38)39/h5-11,13-17,22,31,33H,2-4,12,18-19H2,1H3/t22-,31-/m0/s1. The van der Waals surface area contributed by atoms with Gasteiger partial charge in [0, 0.05) is 36.2 Å². The van der Waals surface area contributed by atoms with Gasteiger partial charge in [-0.1, -0.05) is 56.2 Å². The molecule has 1 amide bonds. The number of non-ortho nitro benzene ring substituents is 1. The van der Waals surface area contributed by atoms with Gasteiger partial charge in [0.05, 0.1) is 22.3 Å². The van der Waals surface area contributed by atoms with E-state index in [0.717, 1.165) is 18.4 Å². The van der Waals surface area contributed by atoms with E-state index >= 15 is 0 Å². The minimum absolute atomic E-state index is 0.106. The Bertz CT molecular complexity index is 1450. The first kappa shape index (κ1) is 26.3. The van der Waals surface area contributed by atoms with Crippen LogP contribution in [-0.4, -0.2) is 16.6 Å². The van der Waals surface area contributed by atoms with E-state index in [4.69, 9.17) is 0 Å². The number of nitrogens with one attached hydrogen (secondary N) is 1. The van der Waals surface area contributed by atoms with Crippen LogP contribution in [0.15, 0.2) is 84.1 Å². The van der Waals surface area contributed by atoms with Crippen LogP contribution in [0.25, 0.3) is 0 Å². The number of allylic oxidation sites excluding steroid dienone is 1. The lowest BCUT2D eigenvalue weighted by Crippen LogP contribution is -2.38. The first-order valence-corrected chi connectivity index (χ1v) is 13.3. The van der Waals surface area contributed by atoms with Crippen molar-refractivity contribution in [3.63, 3.8) is 0 Å². The summed E-state index contributed by atoms with van der Waals surface area (Å²) < 4.78 is 13.6. The van der Waals surface area contributed by atoms with Gasteiger partial charge in [-0.15, -0.1) is 0 Å². The van der Waals surface area contributed by atoms with Crippen LogP contribution in [-0.2, 0) is 9.59 Å². The second-order valence-electron chi connectivity index (χ2n) is 10.1. The van der Waals surface area contributed by atoms with Crippen molar-refractivity contribution in [1.29, 1.82) is 0 Å². The van der Waals surface area contributed by atoms with Gasteiger partial charge >= 0.3 is 0 Å². The van der Waals surface area contributed by atoms with E-state index in [1.54, 1.807) is 29.2 Å². The zero-order valence-corrected chi connectivity index (χ0v) is 21.7. The topological polar surface area (TPSA) is 92.6 Å². The van der Waals surface area contributed by atoms with Crippen LogP contribution in [0.4, 0.5) is 21.5 Å². The van der Waals surface area contributed by atoms with E-state index in [1.165, 1.54) is 24.3 Å². The van der Waals surface area contributed by atoms with E-state index in [0.29, 0.717) is 47.5 Å². The lowest BCUT2D eigenvalue weighted by Gasteiger charge is -2.35. The smallest absolute Gasteiger partial charge is 0.269 e. The number of anilines is 2. The van der Waals surface area contributed by atoms with Gasteiger partial charge in [-0.05, 0) is 54.2 Å². The summed E-state index contributed by atoms with van der Waals surface area (Å²) in [6.07, 6.45) is 3.51. The number of rotatable bonds is 7. The van der Waals surface area contributed by atoms with E-state index in [-0.39, 0.29) is 35.5 Å².